The number of halogens is 1. The Hall–Kier alpha value is -3.57. The van der Waals surface area contributed by atoms with Crippen molar-refractivity contribution in [2.24, 2.45) is 0 Å². The van der Waals surface area contributed by atoms with Crippen molar-refractivity contribution >= 4 is 43.5 Å². The number of benzene rings is 3. The van der Waals surface area contributed by atoms with Gasteiger partial charge in [-0.3, -0.25) is 13.9 Å². The molecule has 9 nitrogen and oxygen atoms in total. The quantitative estimate of drug-likeness (QED) is 0.315. The first-order valence-electron chi connectivity index (χ1n) is 12.6. The predicted molar refractivity (Wildman–Crippen MR) is 158 cm³/mol. The zero-order valence-electron chi connectivity index (χ0n) is 23.2. The van der Waals surface area contributed by atoms with Crippen LogP contribution in [-0.2, 0) is 26.2 Å². The molecule has 0 fully saturated rings. The average molecular weight is 633 g/mol. The van der Waals surface area contributed by atoms with Crippen LogP contribution in [0.5, 0.6) is 11.5 Å². The minimum Gasteiger partial charge on any atom is -0.497 e. The van der Waals surface area contributed by atoms with Crippen molar-refractivity contribution in [3.8, 4) is 11.5 Å². The number of methoxy groups -OCH3 is 2. The van der Waals surface area contributed by atoms with E-state index in [9.17, 15) is 18.0 Å². The second kappa shape index (κ2) is 13.7. The predicted octanol–water partition coefficient (Wildman–Crippen LogP) is 4.52. The SMILES string of the molecule is CCNC(=O)[C@@H](C)N(Cc1ccc(OC)cc1)C(=O)CN(c1ccc(C)cc1)S(=O)(=O)c1ccc(OC)c(Br)c1. The lowest BCUT2D eigenvalue weighted by atomic mass is 10.1. The van der Waals surface area contributed by atoms with Crippen molar-refractivity contribution in [2.45, 2.75) is 38.3 Å². The van der Waals surface area contributed by atoms with Crippen LogP contribution >= 0.6 is 15.9 Å². The molecule has 0 saturated carbocycles. The molecular weight excluding hydrogens is 598 g/mol. The number of sulfonamides is 1. The fraction of sp³-hybridized carbons (Fsp3) is 0.310. The Balaban J connectivity index is 2.04. The van der Waals surface area contributed by atoms with E-state index in [0.717, 1.165) is 15.4 Å². The van der Waals surface area contributed by atoms with Crippen LogP contribution < -0.4 is 19.1 Å². The standard InChI is InChI=1S/C29H34BrN3O6S/c1-6-31-29(35)21(3)32(18-22-9-13-24(38-4)14-10-22)28(34)19-33(23-11-7-20(2)8-12-23)40(36,37)25-15-16-27(39-5)26(30)17-25/h7-17,21H,6,18-19H2,1-5H3,(H,31,35)/t21-/m1/s1. The Bertz CT molecular complexity index is 1430. The van der Waals surface area contributed by atoms with Crippen molar-refractivity contribution in [2.75, 3.05) is 31.6 Å². The van der Waals surface area contributed by atoms with Crippen molar-refractivity contribution in [3.05, 3.63) is 82.3 Å². The van der Waals surface area contributed by atoms with Crippen LogP contribution in [0.25, 0.3) is 0 Å². The highest BCUT2D eigenvalue weighted by Crippen LogP contribution is 2.31. The smallest absolute Gasteiger partial charge is 0.264 e. The van der Waals surface area contributed by atoms with Gasteiger partial charge in [-0.05, 0) is 84.7 Å². The Morgan fingerprint density at radius 1 is 0.975 bits per heavy atom. The van der Waals surface area contributed by atoms with Gasteiger partial charge in [-0.25, -0.2) is 8.42 Å². The summed E-state index contributed by atoms with van der Waals surface area (Å²) in [6.07, 6.45) is 0. The van der Waals surface area contributed by atoms with Crippen molar-refractivity contribution in [1.82, 2.24) is 10.2 Å². The summed E-state index contributed by atoms with van der Waals surface area (Å²) in [4.78, 5) is 28.1. The monoisotopic (exact) mass is 631 g/mol. The van der Waals surface area contributed by atoms with Gasteiger partial charge in [-0.2, -0.15) is 0 Å². The second-order valence-electron chi connectivity index (χ2n) is 9.08. The molecule has 1 N–H and O–H groups in total. The summed E-state index contributed by atoms with van der Waals surface area (Å²) in [6.45, 7) is 5.27. The number of aryl methyl sites for hydroxylation is 1. The lowest BCUT2D eigenvalue weighted by Gasteiger charge is -2.32. The van der Waals surface area contributed by atoms with Crippen LogP contribution in [-0.4, -0.2) is 58.5 Å². The first-order chi connectivity index (χ1) is 19.0. The van der Waals surface area contributed by atoms with E-state index in [-0.39, 0.29) is 17.3 Å². The highest BCUT2D eigenvalue weighted by Gasteiger charge is 2.32. The van der Waals surface area contributed by atoms with Gasteiger partial charge in [0.15, 0.2) is 0 Å². The number of carbonyl (C=O) groups is 2. The summed E-state index contributed by atoms with van der Waals surface area (Å²) in [7, 11) is -1.15. The Labute approximate surface area is 244 Å². The summed E-state index contributed by atoms with van der Waals surface area (Å²) in [5, 5.41) is 2.75. The highest BCUT2D eigenvalue weighted by atomic mass is 79.9. The molecule has 1 atom stereocenters. The van der Waals surface area contributed by atoms with Crippen LogP contribution in [0.15, 0.2) is 76.1 Å². The summed E-state index contributed by atoms with van der Waals surface area (Å²) in [5.41, 5.74) is 2.01. The zero-order chi connectivity index (χ0) is 29.4. The third kappa shape index (κ3) is 7.33. The normalized spacial score (nSPS) is 11.8. The topological polar surface area (TPSA) is 105 Å². The van der Waals surface area contributed by atoms with Gasteiger partial charge < -0.3 is 19.7 Å². The molecule has 40 heavy (non-hydrogen) atoms. The van der Waals surface area contributed by atoms with E-state index >= 15 is 0 Å². The lowest BCUT2D eigenvalue weighted by Crippen LogP contribution is -2.51. The van der Waals surface area contributed by atoms with E-state index in [1.54, 1.807) is 75.6 Å². The number of hydrogen-bond donors (Lipinski definition) is 1. The largest absolute Gasteiger partial charge is 0.497 e. The molecule has 0 saturated heterocycles. The molecule has 3 aromatic carbocycles. The fourth-order valence-corrected chi connectivity index (χ4v) is 6.14. The van der Waals surface area contributed by atoms with Crippen LogP contribution in [0.2, 0.25) is 0 Å². The van der Waals surface area contributed by atoms with E-state index in [4.69, 9.17) is 9.47 Å². The average Bonchev–Trinajstić information content (AvgIpc) is 2.95. The second-order valence-corrected chi connectivity index (χ2v) is 11.8. The molecule has 0 heterocycles. The van der Waals surface area contributed by atoms with Gasteiger partial charge in [-0.15, -0.1) is 0 Å². The number of ether oxygens (including phenoxy) is 2. The summed E-state index contributed by atoms with van der Waals surface area (Å²) >= 11 is 3.35. The highest BCUT2D eigenvalue weighted by molar-refractivity contribution is 9.10. The molecular formula is C29H34BrN3O6S. The number of carbonyl (C=O) groups excluding carboxylic acids is 2. The molecule has 3 rings (SSSR count). The number of hydrogen-bond acceptors (Lipinski definition) is 6. The van der Waals surface area contributed by atoms with Crippen molar-refractivity contribution in [1.29, 1.82) is 0 Å². The number of nitrogens with zero attached hydrogens (tertiary/aromatic N) is 2. The molecule has 0 bridgehead atoms. The maximum absolute atomic E-state index is 14.0. The number of likely N-dealkylation sites (N-methyl/N-ethyl adjacent to an activating group) is 1. The molecule has 0 aliphatic heterocycles. The molecule has 0 radical (unpaired) electrons. The van der Waals surface area contributed by atoms with E-state index in [1.165, 1.54) is 24.1 Å². The lowest BCUT2D eigenvalue weighted by molar-refractivity contribution is -0.139. The molecule has 214 valence electrons. The zero-order valence-corrected chi connectivity index (χ0v) is 25.6. The van der Waals surface area contributed by atoms with Crippen LogP contribution in [0.3, 0.4) is 0 Å². The van der Waals surface area contributed by atoms with E-state index in [1.807, 2.05) is 6.92 Å². The van der Waals surface area contributed by atoms with E-state index < -0.39 is 28.5 Å². The van der Waals surface area contributed by atoms with Crippen molar-refractivity contribution < 1.29 is 27.5 Å². The third-order valence-electron chi connectivity index (χ3n) is 6.34. The minimum atomic E-state index is -4.20. The first kappa shape index (κ1) is 31.0. The van der Waals surface area contributed by atoms with Gasteiger partial charge in [0.05, 0.1) is 29.3 Å². The minimum absolute atomic E-state index is 0.0213. The van der Waals surface area contributed by atoms with Gasteiger partial charge in [0, 0.05) is 13.1 Å². The summed E-state index contributed by atoms with van der Waals surface area (Å²) in [5.74, 6) is 0.249. The summed E-state index contributed by atoms with van der Waals surface area (Å²) in [6, 6.07) is 17.5. The molecule has 0 spiro atoms. The number of amides is 2. The van der Waals surface area contributed by atoms with Gasteiger partial charge in [0.1, 0.15) is 24.1 Å². The molecule has 11 heteroatoms. The maximum Gasteiger partial charge on any atom is 0.264 e. The van der Waals surface area contributed by atoms with Gasteiger partial charge >= 0.3 is 0 Å². The molecule has 3 aromatic rings. The Kier molecular flexibility index (Phi) is 10.6. The number of anilines is 1. The fourth-order valence-electron chi connectivity index (χ4n) is 4.01. The molecule has 0 unspecified atom stereocenters. The van der Waals surface area contributed by atoms with Crippen LogP contribution in [0.1, 0.15) is 25.0 Å². The number of nitrogens with one attached hydrogen (secondary N) is 1. The third-order valence-corrected chi connectivity index (χ3v) is 8.73. The van der Waals surface area contributed by atoms with Crippen LogP contribution in [0.4, 0.5) is 5.69 Å². The Morgan fingerprint density at radius 2 is 1.62 bits per heavy atom. The van der Waals surface area contributed by atoms with E-state index in [2.05, 4.69) is 21.2 Å². The molecule has 0 aliphatic carbocycles. The molecule has 2 amide bonds. The number of rotatable bonds is 12. The van der Waals surface area contributed by atoms with Crippen LogP contribution in [0, 0.1) is 6.92 Å². The summed E-state index contributed by atoms with van der Waals surface area (Å²) < 4.78 is 39.9. The molecule has 0 aromatic heterocycles. The maximum atomic E-state index is 14.0. The van der Waals surface area contributed by atoms with Gasteiger partial charge in [0.25, 0.3) is 10.0 Å². The Morgan fingerprint density at radius 3 is 2.17 bits per heavy atom. The van der Waals surface area contributed by atoms with E-state index in [0.29, 0.717) is 28.2 Å². The van der Waals surface area contributed by atoms with Gasteiger partial charge in [0.2, 0.25) is 11.8 Å². The molecule has 0 aliphatic rings. The van der Waals surface area contributed by atoms with Crippen molar-refractivity contribution in [3.63, 3.8) is 0 Å². The first-order valence-corrected chi connectivity index (χ1v) is 14.9. The van der Waals surface area contributed by atoms with Gasteiger partial charge in [-0.1, -0.05) is 29.8 Å².